The number of anilines is 2. The van der Waals surface area contributed by atoms with Crippen LogP contribution in [0.5, 0.6) is 0 Å². The number of rotatable bonds is 6. The van der Waals surface area contributed by atoms with Crippen LogP contribution in [0.15, 0.2) is 66.7 Å². The van der Waals surface area contributed by atoms with Crippen LogP contribution in [-0.4, -0.2) is 23.2 Å². The Balaban J connectivity index is 1.68. The zero-order valence-corrected chi connectivity index (χ0v) is 15.0. The number of hydrogen-bond acceptors (Lipinski definition) is 4. The van der Waals surface area contributed by atoms with E-state index in [1.807, 2.05) is 60.5 Å². The maximum Gasteiger partial charge on any atom is 0.276 e. The summed E-state index contributed by atoms with van der Waals surface area (Å²) in [4.78, 5) is 14.4. The van der Waals surface area contributed by atoms with Crippen LogP contribution in [0.3, 0.4) is 0 Å². The van der Waals surface area contributed by atoms with Crippen molar-refractivity contribution in [3.05, 3.63) is 83.6 Å². The lowest BCUT2D eigenvalue weighted by Gasteiger charge is -2.17. The zero-order valence-electron chi connectivity index (χ0n) is 15.0. The molecule has 0 saturated carbocycles. The van der Waals surface area contributed by atoms with Gasteiger partial charge in [0.25, 0.3) is 5.91 Å². The molecule has 0 bridgehead atoms. The van der Waals surface area contributed by atoms with E-state index in [0.717, 1.165) is 30.0 Å². The molecule has 0 saturated heterocycles. The summed E-state index contributed by atoms with van der Waals surface area (Å²) >= 11 is 0. The lowest BCUT2D eigenvalue weighted by molar-refractivity contribution is 0.102. The molecule has 3 aromatic rings. The molecule has 1 heterocycles. The van der Waals surface area contributed by atoms with Gasteiger partial charge in [0, 0.05) is 19.3 Å². The van der Waals surface area contributed by atoms with Crippen LogP contribution < -0.4 is 10.2 Å². The van der Waals surface area contributed by atoms with Gasteiger partial charge in [-0.25, -0.2) is 0 Å². The summed E-state index contributed by atoms with van der Waals surface area (Å²) in [5.41, 5.74) is 3.39. The molecular weight excluding hydrogens is 324 g/mol. The van der Waals surface area contributed by atoms with Gasteiger partial charge in [-0.2, -0.15) is 0 Å². The fourth-order valence-electron chi connectivity index (χ4n) is 2.73. The highest BCUT2D eigenvalue weighted by Gasteiger charge is 2.12. The highest BCUT2D eigenvalue weighted by Crippen LogP contribution is 2.17. The van der Waals surface area contributed by atoms with E-state index in [0.29, 0.717) is 5.69 Å². The molecule has 1 amide bonds. The number of nitrogens with zero attached hydrogens (tertiary/aromatic N) is 3. The predicted octanol–water partition coefficient (Wildman–Crippen LogP) is 3.93. The number of aromatic nitrogens is 2. The van der Waals surface area contributed by atoms with Crippen molar-refractivity contribution < 1.29 is 4.79 Å². The summed E-state index contributed by atoms with van der Waals surface area (Å²) in [5.74, 6) is 0.468. The molecule has 26 heavy (non-hydrogen) atoms. The third-order valence-corrected chi connectivity index (χ3v) is 4.18. The monoisotopic (exact) mass is 346 g/mol. The first-order valence-corrected chi connectivity index (χ1v) is 8.65. The van der Waals surface area contributed by atoms with Gasteiger partial charge < -0.3 is 10.2 Å². The van der Waals surface area contributed by atoms with Crippen molar-refractivity contribution in [2.75, 3.05) is 17.3 Å². The number of carbonyl (C=O) groups is 1. The third-order valence-electron chi connectivity index (χ3n) is 4.18. The molecule has 5 heteroatoms. The Morgan fingerprint density at radius 3 is 2.38 bits per heavy atom. The molecule has 0 radical (unpaired) electrons. The summed E-state index contributed by atoms with van der Waals surface area (Å²) in [7, 11) is 1.95. The minimum absolute atomic E-state index is 0.254. The van der Waals surface area contributed by atoms with Crippen LogP contribution >= 0.6 is 0 Å². The first kappa shape index (κ1) is 17.6. The average Bonchev–Trinajstić information content (AvgIpc) is 2.69. The highest BCUT2D eigenvalue weighted by molar-refractivity contribution is 6.03. The fourth-order valence-corrected chi connectivity index (χ4v) is 2.73. The molecule has 1 N–H and O–H groups in total. The topological polar surface area (TPSA) is 58.1 Å². The molecule has 0 unspecified atom stereocenters. The van der Waals surface area contributed by atoms with Gasteiger partial charge >= 0.3 is 0 Å². The van der Waals surface area contributed by atoms with Crippen molar-refractivity contribution >= 4 is 17.4 Å². The second-order valence-electron chi connectivity index (χ2n) is 6.08. The number of hydrogen-bond donors (Lipinski definition) is 1. The molecule has 0 atom stereocenters. The summed E-state index contributed by atoms with van der Waals surface area (Å²) in [5, 5.41) is 11.2. The van der Waals surface area contributed by atoms with E-state index < -0.39 is 0 Å². The maximum absolute atomic E-state index is 12.4. The number of aryl methyl sites for hydroxylation is 1. The second-order valence-corrected chi connectivity index (χ2v) is 6.08. The van der Waals surface area contributed by atoms with Gasteiger partial charge in [0.2, 0.25) is 0 Å². The molecule has 0 aliphatic rings. The Bertz CT molecular complexity index is 863. The Morgan fingerprint density at radius 1 is 0.962 bits per heavy atom. The number of benzene rings is 2. The van der Waals surface area contributed by atoms with Crippen LogP contribution in [0.25, 0.3) is 0 Å². The normalized spacial score (nSPS) is 10.4. The summed E-state index contributed by atoms with van der Waals surface area (Å²) in [6.45, 7) is 2.78. The van der Waals surface area contributed by atoms with Crippen LogP contribution in [0.1, 0.15) is 28.5 Å². The Morgan fingerprint density at radius 2 is 1.69 bits per heavy atom. The summed E-state index contributed by atoms with van der Waals surface area (Å²) < 4.78 is 0. The van der Waals surface area contributed by atoms with Crippen molar-refractivity contribution in [3.63, 3.8) is 0 Å². The fraction of sp³-hybridized carbons (Fsp3) is 0.190. The van der Waals surface area contributed by atoms with E-state index in [1.54, 1.807) is 6.07 Å². The smallest absolute Gasteiger partial charge is 0.276 e. The van der Waals surface area contributed by atoms with Gasteiger partial charge in [0.1, 0.15) is 0 Å². The van der Waals surface area contributed by atoms with Gasteiger partial charge in [-0.05, 0) is 35.7 Å². The van der Waals surface area contributed by atoms with Crippen LogP contribution in [0, 0.1) is 0 Å². The molecule has 0 spiro atoms. The van der Waals surface area contributed by atoms with Gasteiger partial charge in [-0.3, -0.25) is 4.79 Å². The third kappa shape index (κ3) is 4.25. The molecule has 3 rings (SSSR count). The summed E-state index contributed by atoms with van der Waals surface area (Å²) in [6, 6.07) is 21.4. The molecule has 0 aliphatic carbocycles. The van der Waals surface area contributed by atoms with Crippen molar-refractivity contribution in [1.29, 1.82) is 0 Å². The first-order valence-electron chi connectivity index (χ1n) is 8.65. The summed E-state index contributed by atoms with van der Waals surface area (Å²) in [6.07, 6.45) is 0.853. The SMILES string of the molecule is CCc1ccccc1NC(=O)c1ccc(N(C)Cc2ccccc2)nn1. The first-order chi connectivity index (χ1) is 12.7. The number of amides is 1. The standard InChI is InChI=1S/C21H22N4O/c1-3-17-11-7-8-12-18(17)22-21(26)19-13-14-20(24-23-19)25(2)15-16-9-5-4-6-10-16/h4-14H,3,15H2,1-2H3,(H,22,26). The number of para-hydroxylation sites is 1. The Kier molecular flexibility index (Phi) is 5.59. The van der Waals surface area contributed by atoms with E-state index in [1.165, 1.54) is 5.56 Å². The molecular formula is C21H22N4O. The van der Waals surface area contributed by atoms with Crippen molar-refractivity contribution in [2.24, 2.45) is 0 Å². The second kappa shape index (κ2) is 8.25. The molecule has 0 fully saturated rings. The van der Waals surface area contributed by atoms with Crippen molar-refractivity contribution in [2.45, 2.75) is 19.9 Å². The quantitative estimate of drug-likeness (QED) is 0.735. The zero-order chi connectivity index (χ0) is 18.4. The maximum atomic E-state index is 12.4. The lowest BCUT2D eigenvalue weighted by Crippen LogP contribution is -2.20. The average molecular weight is 346 g/mol. The van der Waals surface area contributed by atoms with E-state index in [9.17, 15) is 4.79 Å². The van der Waals surface area contributed by atoms with Gasteiger partial charge in [0.15, 0.2) is 11.5 Å². The largest absolute Gasteiger partial charge is 0.354 e. The van der Waals surface area contributed by atoms with E-state index >= 15 is 0 Å². The van der Waals surface area contributed by atoms with Crippen molar-refractivity contribution in [1.82, 2.24) is 10.2 Å². The predicted molar refractivity (Wildman–Crippen MR) is 104 cm³/mol. The Labute approximate surface area is 153 Å². The minimum Gasteiger partial charge on any atom is -0.354 e. The molecule has 5 nitrogen and oxygen atoms in total. The van der Waals surface area contributed by atoms with Crippen molar-refractivity contribution in [3.8, 4) is 0 Å². The van der Waals surface area contributed by atoms with Gasteiger partial charge in [-0.1, -0.05) is 55.5 Å². The van der Waals surface area contributed by atoms with E-state index in [-0.39, 0.29) is 5.91 Å². The van der Waals surface area contributed by atoms with Gasteiger partial charge in [-0.15, -0.1) is 10.2 Å². The van der Waals surface area contributed by atoms with Crippen LogP contribution in [0.2, 0.25) is 0 Å². The number of nitrogens with one attached hydrogen (secondary N) is 1. The Hall–Kier alpha value is -3.21. The lowest BCUT2D eigenvalue weighted by atomic mass is 10.1. The molecule has 0 aliphatic heterocycles. The van der Waals surface area contributed by atoms with Crippen LogP contribution in [0.4, 0.5) is 11.5 Å². The number of carbonyl (C=O) groups excluding carboxylic acids is 1. The molecule has 1 aromatic heterocycles. The van der Waals surface area contributed by atoms with E-state index in [2.05, 4.69) is 34.6 Å². The van der Waals surface area contributed by atoms with Gasteiger partial charge in [0.05, 0.1) is 0 Å². The van der Waals surface area contributed by atoms with E-state index in [4.69, 9.17) is 0 Å². The highest BCUT2D eigenvalue weighted by atomic mass is 16.1. The molecule has 2 aromatic carbocycles. The molecule has 132 valence electrons. The minimum atomic E-state index is -0.254. The van der Waals surface area contributed by atoms with Crippen LogP contribution in [-0.2, 0) is 13.0 Å².